The van der Waals surface area contributed by atoms with E-state index in [2.05, 4.69) is 0 Å². The molecule has 2 aromatic rings. The molecule has 1 aliphatic heterocycles. The first-order valence-corrected chi connectivity index (χ1v) is 7.20. The van der Waals surface area contributed by atoms with Gasteiger partial charge in [-0.1, -0.05) is 41.9 Å². The van der Waals surface area contributed by atoms with Gasteiger partial charge in [0.05, 0.1) is 6.42 Å². The second kappa shape index (κ2) is 5.14. The van der Waals surface area contributed by atoms with E-state index in [9.17, 15) is 14.7 Å². The molecule has 0 radical (unpaired) electrons. The number of rotatable bonds is 3. The largest absolute Gasteiger partial charge is 0.481 e. The van der Waals surface area contributed by atoms with E-state index in [0.29, 0.717) is 21.8 Å². The molecule has 22 heavy (non-hydrogen) atoms. The van der Waals surface area contributed by atoms with Crippen molar-refractivity contribution >= 4 is 29.2 Å². The number of likely N-dealkylation sites (N-methyl/N-ethyl adjacent to an activating group) is 1. The minimum atomic E-state index is -1.23. The van der Waals surface area contributed by atoms with Crippen molar-refractivity contribution in [2.24, 2.45) is 0 Å². The number of benzene rings is 2. The lowest BCUT2D eigenvalue weighted by molar-refractivity contribution is -0.140. The fraction of sp³-hybridized carbons (Fsp3) is 0.176. The third kappa shape index (κ3) is 1.99. The predicted molar refractivity (Wildman–Crippen MR) is 84.3 cm³/mol. The Morgan fingerprint density at radius 2 is 1.91 bits per heavy atom. The maximum Gasteiger partial charge on any atom is 0.305 e. The Kier molecular flexibility index (Phi) is 3.41. The van der Waals surface area contributed by atoms with Crippen molar-refractivity contribution in [3.8, 4) is 0 Å². The summed E-state index contributed by atoms with van der Waals surface area (Å²) in [4.78, 5) is 25.9. The molecule has 1 N–H and O–H groups in total. The zero-order valence-electron chi connectivity index (χ0n) is 11.9. The van der Waals surface area contributed by atoms with Crippen LogP contribution in [0, 0.1) is 0 Å². The first-order valence-electron chi connectivity index (χ1n) is 6.82. The van der Waals surface area contributed by atoms with Crippen molar-refractivity contribution in [2.75, 3.05) is 11.9 Å². The number of halogens is 1. The molecular weight excluding hydrogens is 302 g/mol. The van der Waals surface area contributed by atoms with Gasteiger partial charge >= 0.3 is 5.97 Å². The summed E-state index contributed by atoms with van der Waals surface area (Å²) < 4.78 is 0. The molecule has 0 saturated heterocycles. The number of amides is 1. The number of carboxylic acids is 1. The SMILES string of the molecule is CN1C(=O)C(CC(=O)O)(c2ccccc2)c2cc(Cl)ccc21. The number of anilines is 1. The average molecular weight is 316 g/mol. The van der Waals surface area contributed by atoms with E-state index in [-0.39, 0.29) is 12.3 Å². The Hall–Kier alpha value is -2.33. The number of fused-ring (bicyclic) bond motifs is 1. The fourth-order valence-electron chi connectivity index (χ4n) is 3.15. The average Bonchev–Trinajstić information content (AvgIpc) is 2.70. The van der Waals surface area contributed by atoms with Crippen LogP contribution in [0.5, 0.6) is 0 Å². The standard InChI is InChI=1S/C17H14ClNO3/c1-19-14-8-7-12(18)9-13(14)17(16(19)22,10-15(20)21)11-5-3-2-4-6-11/h2-9H,10H2,1H3,(H,20,21). The molecule has 112 valence electrons. The van der Waals surface area contributed by atoms with Crippen LogP contribution in [0.4, 0.5) is 5.69 Å². The van der Waals surface area contributed by atoms with Crippen LogP contribution in [-0.2, 0) is 15.0 Å². The summed E-state index contributed by atoms with van der Waals surface area (Å²) in [5, 5.41) is 9.87. The summed E-state index contributed by atoms with van der Waals surface area (Å²) in [6.07, 6.45) is -0.312. The molecule has 1 amide bonds. The Labute approximate surface area is 132 Å². The van der Waals surface area contributed by atoms with E-state index in [1.165, 1.54) is 4.90 Å². The van der Waals surface area contributed by atoms with Crippen molar-refractivity contribution in [3.63, 3.8) is 0 Å². The molecule has 1 heterocycles. The molecule has 1 aliphatic rings. The Bertz CT molecular complexity index is 760. The van der Waals surface area contributed by atoms with E-state index in [4.69, 9.17) is 11.6 Å². The number of hydrogen-bond donors (Lipinski definition) is 1. The highest BCUT2D eigenvalue weighted by Crippen LogP contribution is 2.48. The molecule has 4 nitrogen and oxygen atoms in total. The number of carbonyl (C=O) groups excluding carboxylic acids is 1. The third-order valence-electron chi connectivity index (χ3n) is 4.13. The van der Waals surface area contributed by atoms with Crippen molar-refractivity contribution in [2.45, 2.75) is 11.8 Å². The monoisotopic (exact) mass is 315 g/mol. The smallest absolute Gasteiger partial charge is 0.305 e. The number of nitrogens with zero attached hydrogens (tertiary/aromatic N) is 1. The minimum Gasteiger partial charge on any atom is -0.481 e. The summed E-state index contributed by atoms with van der Waals surface area (Å²) in [7, 11) is 1.65. The van der Waals surface area contributed by atoms with Gasteiger partial charge in [-0.25, -0.2) is 0 Å². The third-order valence-corrected chi connectivity index (χ3v) is 4.37. The summed E-state index contributed by atoms with van der Waals surface area (Å²) in [5.41, 5.74) is 0.762. The van der Waals surface area contributed by atoms with Crippen LogP contribution in [0.3, 0.4) is 0 Å². The Balaban J connectivity index is 2.33. The highest BCUT2D eigenvalue weighted by Gasteiger charge is 2.52. The molecule has 0 aromatic heterocycles. The summed E-state index contributed by atoms with van der Waals surface area (Å²) in [5.74, 6) is -1.28. The normalized spacial score (nSPS) is 20.1. The molecule has 2 aromatic carbocycles. The Morgan fingerprint density at radius 3 is 2.55 bits per heavy atom. The van der Waals surface area contributed by atoms with Gasteiger partial charge in [0, 0.05) is 17.8 Å². The summed E-state index contributed by atoms with van der Waals surface area (Å²) in [6, 6.07) is 14.1. The maximum atomic E-state index is 13.0. The summed E-state index contributed by atoms with van der Waals surface area (Å²) >= 11 is 6.09. The zero-order chi connectivity index (χ0) is 15.9. The van der Waals surface area contributed by atoms with E-state index in [1.807, 2.05) is 6.07 Å². The summed E-state index contributed by atoms with van der Waals surface area (Å²) in [6.45, 7) is 0. The van der Waals surface area contributed by atoms with E-state index < -0.39 is 11.4 Å². The molecular formula is C17H14ClNO3. The topological polar surface area (TPSA) is 57.6 Å². The van der Waals surface area contributed by atoms with Crippen LogP contribution >= 0.6 is 11.6 Å². The van der Waals surface area contributed by atoms with Crippen LogP contribution < -0.4 is 4.90 Å². The van der Waals surface area contributed by atoms with Gasteiger partial charge in [-0.2, -0.15) is 0 Å². The molecule has 0 aliphatic carbocycles. The van der Waals surface area contributed by atoms with Gasteiger partial charge in [0.15, 0.2) is 0 Å². The number of carbonyl (C=O) groups is 2. The van der Waals surface area contributed by atoms with Crippen molar-refractivity contribution in [1.29, 1.82) is 0 Å². The second-order valence-corrected chi connectivity index (χ2v) is 5.80. The first-order chi connectivity index (χ1) is 10.5. The number of aliphatic carboxylic acids is 1. The van der Waals surface area contributed by atoms with Crippen molar-refractivity contribution in [3.05, 3.63) is 64.7 Å². The van der Waals surface area contributed by atoms with Gasteiger partial charge in [0.25, 0.3) is 0 Å². The highest BCUT2D eigenvalue weighted by atomic mass is 35.5. The van der Waals surface area contributed by atoms with E-state index in [0.717, 1.165) is 0 Å². The molecule has 1 unspecified atom stereocenters. The molecule has 0 saturated carbocycles. The molecule has 1 atom stereocenters. The van der Waals surface area contributed by atoms with Crippen LogP contribution in [0.25, 0.3) is 0 Å². The van der Waals surface area contributed by atoms with Crippen LogP contribution in [0.15, 0.2) is 48.5 Å². The van der Waals surface area contributed by atoms with Crippen LogP contribution in [0.1, 0.15) is 17.5 Å². The van der Waals surface area contributed by atoms with Gasteiger partial charge in [-0.15, -0.1) is 0 Å². The predicted octanol–water partition coefficient (Wildman–Crippen LogP) is 3.08. The number of carboxylic acid groups (broad SMARTS) is 1. The second-order valence-electron chi connectivity index (χ2n) is 5.37. The first kappa shape index (κ1) is 14.6. The number of hydrogen-bond acceptors (Lipinski definition) is 2. The molecule has 0 bridgehead atoms. The maximum absolute atomic E-state index is 13.0. The molecule has 0 fully saturated rings. The van der Waals surface area contributed by atoms with Crippen LogP contribution in [0.2, 0.25) is 5.02 Å². The van der Waals surface area contributed by atoms with E-state index >= 15 is 0 Å². The van der Waals surface area contributed by atoms with Crippen LogP contribution in [-0.4, -0.2) is 24.0 Å². The van der Waals surface area contributed by atoms with E-state index in [1.54, 1.807) is 49.5 Å². The van der Waals surface area contributed by atoms with Crippen molar-refractivity contribution in [1.82, 2.24) is 0 Å². The lowest BCUT2D eigenvalue weighted by Gasteiger charge is -2.27. The lowest BCUT2D eigenvalue weighted by Crippen LogP contribution is -2.41. The van der Waals surface area contributed by atoms with Crippen molar-refractivity contribution < 1.29 is 14.7 Å². The molecule has 0 spiro atoms. The van der Waals surface area contributed by atoms with Gasteiger partial charge in [0.1, 0.15) is 5.41 Å². The zero-order valence-corrected chi connectivity index (χ0v) is 12.7. The molecule has 3 rings (SSSR count). The highest BCUT2D eigenvalue weighted by molar-refractivity contribution is 6.31. The van der Waals surface area contributed by atoms with Gasteiger partial charge < -0.3 is 10.0 Å². The fourth-order valence-corrected chi connectivity index (χ4v) is 3.33. The van der Waals surface area contributed by atoms with Gasteiger partial charge in [-0.3, -0.25) is 9.59 Å². The molecule has 5 heteroatoms. The minimum absolute atomic E-state index is 0.252. The quantitative estimate of drug-likeness (QED) is 0.947. The van der Waals surface area contributed by atoms with Gasteiger partial charge in [0.2, 0.25) is 5.91 Å². The van der Waals surface area contributed by atoms with Gasteiger partial charge in [-0.05, 0) is 29.3 Å². The Morgan fingerprint density at radius 1 is 1.23 bits per heavy atom. The lowest BCUT2D eigenvalue weighted by atomic mass is 9.73.